The molecule has 0 saturated heterocycles. The number of ether oxygens (including phenoxy) is 2. The fourth-order valence-corrected chi connectivity index (χ4v) is 13.5. The Labute approximate surface area is 490 Å². The highest BCUT2D eigenvalue weighted by Gasteiger charge is 2.49. The fourth-order valence-electron chi connectivity index (χ4n) is 13.5. The van der Waals surface area contributed by atoms with Crippen molar-refractivity contribution in [1.82, 2.24) is 0 Å². The minimum atomic E-state index is -0.293. The van der Waals surface area contributed by atoms with Crippen LogP contribution in [0.4, 0.5) is 68.2 Å². The van der Waals surface area contributed by atoms with E-state index in [9.17, 15) is 0 Å². The maximum Gasteiger partial charge on any atom is 0.252 e. The van der Waals surface area contributed by atoms with Gasteiger partial charge < -0.3 is 29.1 Å². The molecule has 8 heteroatoms. The Balaban J connectivity index is 1.07. The summed E-state index contributed by atoms with van der Waals surface area (Å²) in [6.07, 6.45) is 0. The molecule has 15 rings (SSSR count). The van der Waals surface area contributed by atoms with Gasteiger partial charge in [0, 0.05) is 92.5 Å². The molecule has 4 aliphatic heterocycles. The van der Waals surface area contributed by atoms with Crippen LogP contribution in [0.5, 0.6) is 23.0 Å². The Morgan fingerprint density at radius 3 is 0.878 bits per heavy atom. The maximum absolute atomic E-state index is 8.97. The molecule has 0 spiro atoms. The first-order valence-corrected chi connectivity index (χ1v) is 28.2. The minimum absolute atomic E-state index is 0.0354. The first kappa shape index (κ1) is 43.2. The van der Waals surface area contributed by atoms with Crippen LogP contribution in [0.2, 0.25) is 0 Å². The topological polar surface area (TPSA) is 31.4 Å². The van der Waals surface area contributed by atoms with Gasteiger partial charge in [-0.1, -0.05) is 152 Å². The zero-order chi connectivity index (χ0) is 60.9. The van der Waals surface area contributed by atoms with Crippen LogP contribution in [-0.4, -0.2) is 13.4 Å². The lowest BCUT2D eigenvalue weighted by atomic mass is 9.30. The summed E-state index contributed by atoms with van der Waals surface area (Å²) in [6, 6.07) is 64.7. The Bertz CT molecular complexity index is 4490. The van der Waals surface area contributed by atoms with E-state index in [0.29, 0.717) is 45.3 Å². The number of hydrogen-bond acceptors (Lipinski definition) is 6. The molecular weight excluding hydrogens is 998 g/mol. The number of aryl methyl sites for hydroxylation is 4. The van der Waals surface area contributed by atoms with Crippen molar-refractivity contribution in [2.75, 3.05) is 19.6 Å². The van der Waals surface area contributed by atoms with Crippen LogP contribution < -0.4 is 61.9 Å². The van der Waals surface area contributed by atoms with Crippen molar-refractivity contribution in [3.05, 3.63) is 263 Å². The van der Waals surface area contributed by atoms with Crippen molar-refractivity contribution in [2.24, 2.45) is 0 Å². The van der Waals surface area contributed by atoms with Gasteiger partial charge in [-0.25, -0.2) is 0 Å². The molecule has 0 saturated carbocycles. The summed E-state index contributed by atoms with van der Waals surface area (Å²) in [5.41, 5.74) is 24.8. The van der Waals surface area contributed by atoms with Crippen LogP contribution in [0.3, 0.4) is 0 Å². The van der Waals surface area contributed by atoms with Gasteiger partial charge in [0.1, 0.15) is 23.0 Å². The number of fused-ring (bicyclic) bond motifs is 8. The van der Waals surface area contributed by atoms with E-state index in [0.717, 1.165) is 123 Å². The number of nitrogens with zero attached hydrogens (tertiary/aromatic N) is 4. The summed E-state index contributed by atoms with van der Waals surface area (Å²) in [5, 5.41) is 0. The molecule has 0 bridgehead atoms. The van der Waals surface area contributed by atoms with E-state index in [-0.39, 0.29) is 49.7 Å². The molecule has 6 nitrogen and oxygen atoms in total. The largest absolute Gasteiger partial charge is 0.457 e. The highest BCUT2D eigenvalue weighted by Crippen LogP contribution is 2.52. The summed E-state index contributed by atoms with van der Waals surface area (Å²) in [6.45, 7) is 15.2. The fraction of sp³-hybridized carbons (Fsp3) is 0.108. The summed E-state index contributed by atoms with van der Waals surface area (Å²) >= 11 is 0. The Morgan fingerprint density at radius 2 is 0.561 bits per heavy atom. The van der Waals surface area contributed by atoms with Crippen molar-refractivity contribution >= 4 is 114 Å². The molecule has 0 unspecified atom stereocenters. The number of hydrogen-bond donors (Lipinski definition) is 0. The lowest BCUT2D eigenvalue weighted by molar-refractivity contribution is 0.475. The molecule has 11 aromatic carbocycles. The van der Waals surface area contributed by atoms with E-state index in [1.807, 2.05) is 0 Å². The van der Waals surface area contributed by atoms with Crippen LogP contribution in [0, 0.1) is 55.4 Å². The highest BCUT2D eigenvalue weighted by atomic mass is 16.5. The predicted octanol–water partition coefficient (Wildman–Crippen LogP) is 15.9. The molecule has 11 aromatic rings. The molecule has 0 aliphatic carbocycles. The Hall–Kier alpha value is -9.65. The Kier molecular flexibility index (Phi) is 10.0. The van der Waals surface area contributed by atoms with E-state index < -0.39 is 0 Å². The monoisotopic (exact) mass is 1060 g/mol. The lowest BCUT2D eigenvalue weighted by Gasteiger charge is -2.47. The second-order valence-electron chi connectivity index (χ2n) is 22.3. The van der Waals surface area contributed by atoms with Crippen molar-refractivity contribution < 1.29 is 17.7 Å². The van der Waals surface area contributed by atoms with Gasteiger partial charge in [-0.2, -0.15) is 0 Å². The molecule has 4 aliphatic rings. The second kappa shape index (κ2) is 19.0. The van der Waals surface area contributed by atoms with Gasteiger partial charge in [0.2, 0.25) is 0 Å². The molecule has 0 N–H and O–H groups in total. The van der Waals surface area contributed by atoms with Gasteiger partial charge >= 0.3 is 0 Å². The van der Waals surface area contributed by atoms with Crippen molar-refractivity contribution in [1.29, 1.82) is 0 Å². The molecule has 0 atom stereocenters. The van der Waals surface area contributed by atoms with Gasteiger partial charge in [-0.05, 0) is 175 Å². The van der Waals surface area contributed by atoms with Crippen LogP contribution >= 0.6 is 0 Å². The van der Waals surface area contributed by atoms with E-state index in [2.05, 4.69) is 229 Å². The van der Waals surface area contributed by atoms with Crippen molar-refractivity contribution in [2.45, 2.75) is 55.4 Å². The van der Waals surface area contributed by atoms with Gasteiger partial charge in [-0.15, -0.1) is 0 Å². The van der Waals surface area contributed by atoms with E-state index in [1.54, 1.807) is 27.7 Å². The molecular formula is C74H60B2N4O2. The maximum atomic E-state index is 8.97. The minimum Gasteiger partial charge on any atom is -0.457 e. The molecule has 0 fully saturated rings. The normalized spacial score (nSPS) is 14.2. The summed E-state index contributed by atoms with van der Waals surface area (Å²) in [5.74, 6) is 1.84. The SMILES string of the molecule is [2H]c1c([2H])c(C)c(Oc2cc3c4c(c2)N(c2ccccc2C)c2cc5c(cc2B4c2ccccc2N3c2ccccc2C)B2c3ccccc3N(c3ccccc3C)c3cc(Oc4c(C)c([2H])c([2H])c([2H])c4C)cc(c32)N5c2ccccc2C)c(C)c1[2H]. The van der Waals surface area contributed by atoms with Gasteiger partial charge in [0.15, 0.2) is 0 Å². The summed E-state index contributed by atoms with van der Waals surface area (Å²) in [7, 11) is 0. The summed E-state index contributed by atoms with van der Waals surface area (Å²) < 4.78 is 67.5. The average Bonchev–Trinajstić information content (AvgIpc) is 0.693. The first-order chi connectivity index (χ1) is 42.5. The smallest absolute Gasteiger partial charge is 0.252 e. The van der Waals surface area contributed by atoms with Gasteiger partial charge in [-0.3, -0.25) is 0 Å². The van der Waals surface area contributed by atoms with Crippen LogP contribution in [0.15, 0.2) is 218 Å². The van der Waals surface area contributed by atoms with Crippen molar-refractivity contribution in [3.63, 3.8) is 0 Å². The third-order valence-electron chi connectivity index (χ3n) is 17.2. The average molecular weight is 1060 g/mol. The Morgan fingerprint density at radius 1 is 0.280 bits per heavy atom. The van der Waals surface area contributed by atoms with E-state index >= 15 is 0 Å². The van der Waals surface area contributed by atoms with Crippen LogP contribution in [0.25, 0.3) is 0 Å². The molecule has 0 aromatic heterocycles. The van der Waals surface area contributed by atoms with Crippen LogP contribution in [-0.2, 0) is 0 Å². The lowest BCUT2D eigenvalue weighted by Crippen LogP contribution is -2.65. The predicted molar refractivity (Wildman–Crippen MR) is 345 cm³/mol. The number of rotatable bonds is 8. The van der Waals surface area contributed by atoms with Gasteiger partial charge in [0.05, 0.1) is 8.22 Å². The highest BCUT2D eigenvalue weighted by molar-refractivity contribution is 7.03. The van der Waals surface area contributed by atoms with Crippen LogP contribution in [0.1, 0.15) is 52.7 Å². The quantitative estimate of drug-likeness (QED) is 0.141. The zero-order valence-electron chi connectivity index (χ0n) is 53.1. The third kappa shape index (κ3) is 7.50. The first-order valence-electron chi connectivity index (χ1n) is 31.2. The molecule has 0 radical (unpaired) electrons. The standard InChI is InChI=1S/C74H60B2N4O2/c1-45-23-9-15-33-59(45)77-63-37-19-13-31-55(63)75-57-43-58-66(44-65(57)79(61-35-17-11-25-47(61)3)69-41-53(39-67(77)71(69)75)81-73-49(5)27-21-28-50(73)6)80(62-36-18-12-26-48(62)4)70-42-54(82-74-51(7)29-22-30-52(74)8)40-68-72(70)76(58)56-32-14-20-38-64(56)78(68)60-34-16-10-24-46(60)2/h9-44H,1-8H3/i21D,22D,27D,28D,29D,30D. The number of anilines is 12. The number of benzene rings is 11. The molecule has 0 amide bonds. The second-order valence-corrected chi connectivity index (χ2v) is 22.3. The van der Waals surface area contributed by atoms with Crippen molar-refractivity contribution in [3.8, 4) is 23.0 Å². The van der Waals surface area contributed by atoms with E-state index in [4.69, 9.17) is 17.7 Å². The molecule has 4 heterocycles. The molecule has 394 valence electrons. The number of para-hydroxylation sites is 8. The van der Waals surface area contributed by atoms with Gasteiger partial charge in [0.25, 0.3) is 13.4 Å². The molecule has 82 heavy (non-hydrogen) atoms. The van der Waals surface area contributed by atoms with E-state index in [1.165, 1.54) is 0 Å². The zero-order valence-corrected chi connectivity index (χ0v) is 47.1. The third-order valence-corrected chi connectivity index (χ3v) is 17.2. The summed E-state index contributed by atoms with van der Waals surface area (Å²) in [4.78, 5) is 9.59.